The largest absolute Gasteiger partial charge is 0.462 e. The summed E-state index contributed by atoms with van der Waals surface area (Å²) >= 11 is 1.17. The highest BCUT2D eigenvalue weighted by atomic mass is 32.3. The Hall–Kier alpha value is -1.47. The molecule has 0 spiro atoms. The van der Waals surface area contributed by atoms with Crippen molar-refractivity contribution in [2.45, 2.75) is 11.8 Å². The van der Waals surface area contributed by atoms with E-state index in [1.54, 1.807) is 6.92 Å². The van der Waals surface area contributed by atoms with E-state index < -0.39 is 21.1 Å². The van der Waals surface area contributed by atoms with E-state index in [-0.39, 0.29) is 6.61 Å². The molecule has 0 unspecified atom stereocenters. The van der Waals surface area contributed by atoms with Crippen molar-refractivity contribution < 1.29 is 21.8 Å². The van der Waals surface area contributed by atoms with Crippen LogP contribution in [0.4, 0.5) is 3.89 Å². The van der Waals surface area contributed by atoms with Crippen LogP contribution in [-0.4, -0.2) is 21.0 Å². The predicted molar refractivity (Wildman–Crippen MR) is 66.1 cm³/mol. The van der Waals surface area contributed by atoms with Crippen LogP contribution in [0.2, 0.25) is 0 Å². The standard InChI is InChI=1S/C11H9FO4S2/c1-2-16-11(13)10-6-7-5-8(18(12,14)15)3-4-9(7)17-10/h3-6H,2H2,1H3. The number of carbonyl (C=O) groups is 1. The quantitative estimate of drug-likeness (QED) is 0.643. The second kappa shape index (κ2) is 4.66. The molecule has 0 N–H and O–H groups in total. The van der Waals surface area contributed by atoms with Gasteiger partial charge in [-0.3, -0.25) is 0 Å². The number of ether oxygens (including phenoxy) is 1. The van der Waals surface area contributed by atoms with Gasteiger partial charge in [-0.1, -0.05) is 0 Å². The van der Waals surface area contributed by atoms with E-state index in [2.05, 4.69) is 0 Å². The maximum Gasteiger partial charge on any atom is 0.348 e. The van der Waals surface area contributed by atoms with Gasteiger partial charge in [-0.2, -0.15) is 8.42 Å². The fourth-order valence-electron chi connectivity index (χ4n) is 1.48. The molecule has 96 valence electrons. The van der Waals surface area contributed by atoms with E-state index >= 15 is 0 Å². The molecule has 0 aliphatic rings. The van der Waals surface area contributed by atoms with Crippen LogP contribution in [-0.2, 0) is 15.0 Å². The lowest BCUT2D eigenvalue weighted by atomic mass is 10.2. The fourth-order valence-corrected chi connectivity index (χ4v) is 2.91. The van der Waals surface area contributed by atoms with Gasteiger partial charge in [-0.05, 0) is 36.6 Å². The number of carbonyl (C=O) groups excluding carboxylic acids is 1. The molecular formula is C11H9FO4S2. The molecule has 0 bridgehead atoms. The summed E-state index contributed by atoms with van der Waals surface area (Å²) in [4.78, 5) is 11.4. The Bertz CT molecular complexity index is 703. The minimum Gasteiger partial charge on any atom is -0.462 e. The van der Waals surface area contributed by atoms with Crippen LogP contribution >= 0.6 is 11.3 Å². The molecule has 2 rings (SSSR count). The average molecular weight is 288 g/mol. The molecule has 18 heavy (non-hydrogen) atoms. The molecule has 0 amide bonds. The van der Waals surface area contributed by atoms with Crippen LogP contribution in [0.3, 0.4) is 0 Å². The molecule has 7 heteroatoms. The molecule has 4 nitrogen and oxygen atoms in total. The Balaban J connectivity index is 2.49. The molecule has 0 saturated heterocycles. The molecule has 0 fully saturated rings. The van der Waals surface area contributed by atoms with Crippen LogP contribution < -0.4 is 0 Å². The highest BCUT2D eigenvalue weighted by molar-refractivity contribution is 7.86. The number of esters is 1. The Morgan fingerprint density at radius 2 is 2.11 bits per heavy atom. The molecule has 1 aromatic heterocycles. The lowest BCUT2D eigenvalue weighted by Gasteiger charge is -1.95. The van der Waals surface area contributed by atoms with Crippen molar-refractivity contribution in [2.75, 3.05) is 6.61 Å². The van der Waals surface area contributed by atoms with Crippen molar-refractivity contribution in [3.8, 4) is 0 Å². The maximum atomic E-state index is 12.8. The number of fused-ring (bicyclic) bond motifs is 1. The Kier molecular flexibility index (Phi) is 3.36. The van der Waals surface area contributed by atoms with Gasteiger partial charge >= 0.3 is 16.2 Å². The average Bonchev–Trinajstić information content (AvgIpc) is 2.70. The first-order valence-corrected chi connectivity index (χ1v) is 7.27. The lowest BCUT2D eigenvalue weighted by Crippen LogP contribution is -2.01. The highest BCUT2D eigenvalue weighted by Crippen LogP contribution is 2.28. The first-order chi connectivity index (χ1) is 8.41. The molecule has 0 aliphatic carbocycles. The molecule has 0 saturated carbocycles. The van der Waals surface area contributed by atoms with Gasteiger partial charge in [0.25, 0.3) is 0 Å². The minimum absolute atomic E-state index is 0.261. The zero-order chi connectivity index (χ0) is 13.3. The van der Waals surface area contributed by atoms with Gasteiger partial charge in [0, 0.05) is 4.70 Å². The highest BCUT2D eigenvalue weighted by Gasteiger charge is 2.15. The predicted octanol–water partition coefficient (Wildman–Crippen LogP) is 2.74. The van der Waals surface area contributed by atoms with Gasteiger partial charge in [-0.15, -0.1) is 15.2 Å². The topological polar surface area (TPSA) is 60.4 Å². The second-order valence-electron chi connectivity index (χ2n) is 3.47. The monoisotopic (exact) mass is 288 g/mol. The normalized spacial score (nSPS) is 11.7. The van der Waals surface area contributed by atoms with Gasteiger partial charge in [0.15, 0.2) is 0 Å². The van der Waals surface area contributed by atoms with Crippen molar-refractivity contribution in [3.63, 3.8) is 0 Å². The van der Waals surface area contributed by atoms with Crippen LogP contribution in [0.5, 0.6) is 0 Å². The zero-order valence-electron chi connectivity index (χ0n) is 9.34. The summed E-state index contributed by atoms with van der Waals surface area (Å²) in [5.74, 6) is -0.469. The number of halogens is 1. The molecule has 2 aromatic rings. The third-order valence-electron chi connectivity index (χ3n) is 2.25. The summed E-state index contributed by atoms with van der Waals surface area (Å²) in [6.07, 6.45) is 0. The number of rotatable bonds is 3. The number of thiophene rings is 1. The summed E-state index contributed by atoms with van der Waals surface area (Å²) in [6.45, 7) is 1.95. The van der Waals surface area contributed by atoms with Gasteiger partial charge in [0.1, 0.15) is 4.88 Å². The maximum absolute atomic E-state index is 12.8. The van der Waals surface area contributed by atoms with E-state index in [0.717, 1.165) is 0 Å². The van der Waals surface area contributed by atoms with Crippen molar-refractivity contribution in [1.29, 1.82) is 0 Å². The summed E-state index contributed by atoms with van der Waals surface area (Å²) in [5.41, 5.74) is 0. The van der Waals surface area contributed by atoms with Gasteiger partial charge in [0.2, 0.25) is 0 Å². The Labute approximate surface area is 107 Å². The van der Waals surface area contributed by atoms with Crippen LogP contribution in [0, 0.1) is 0 Å². The van der Waals surface area contributed by atoms with Gasteiger partial charge < -0.3 is 4.74 Å². The van der Waals surface area contributed by atoms with E-state index in [4.69, 9.17) is 4.74 Å². The van der Waals surface area contributed by atoms with E-state index in [0.29, 0.717) is 15.0 Å². The second-order valence-corrected chi connectivity index (χ2v) is 5.90. The number of benzene rings is 1. The molecule has 0 atom stereocenters. The van der Waals surface area contributed by atoms with E-state index in [1.165, 1.54) is 35.6 Å². The third kappa shape index (κ3) is 2.51. The number of hydrogen-bond donors (Lipinski definition) is 0. The molecule has 0 aliphatic heterocycles. The van der Waals surface area contributed by atoms with Crippen LogP contribution in [0.1, 0.15) is 16.6 Å². The Morgan fingerprint density at radius 3 is 2.72 bits per heavy atom. The lowest BCUT2D eigenvalue weighted by molar-refractivity contribution is 0.0532. The Morgan fingerprint density at radius 1 is 1.39 bits per heavy atom. The van der Waals surface area contributed by atoms with Crippen molar-refractivity contribution >= 4 is 37.6 Å². The van der Waals surface area contributed by atoms with Gasteiger partial charge in [0.05, 0.1) is 11.5 Å². The van der Waals surface area contributed by atoms with E-state index in [9.17, 15) is 17.1 Å². The first-order valence-electron chi connectivity index (χ1n) is 5.07. The SMILES string of the molecule is CCOC(=O)c1cc2cc(S(=O)(=O)F)ccc2s1. The fraction of sp³-hybridized carbons (Fsp3) is 0.182. The molecule has 1 aromatic carbocycles. The van der Waals surface area contributed by atoms with Crippen LogP contribution in [0.25, 0.3) is 10.1 Å². The number of hydrogen-bond acceptors (Lipinski definition) is 5. The summed E-state index contributed by atoms with van der Waals surface area (Å²) in [5, 5.41) is 0.502. The third-order valence-corrected chi connectivity index (χ3v) is 4.16. The van der Waals surface area contributed by atoms with Crippen molar-refractivity contribution in [3.05, 3.63) is 29.1 Å². The van der Waals surface area contributed by atoms with Gasteiger partial charge in [-0.25, -0.2) is 4.79 Å². The van der Waals surface area contributed by atoms with Crippen molar-refractivity contribution in [1.82, 2.24) is 0 Å². The summed E-state index contributed by atoms with van der Waals surface area (Å²) < 4.78 is 39.9. The van der Waals surface area contributed by atoms with Crippen molar-refractivity contribution in [2.24, 2.45) is 0 Å². The molecule has 0 radical (unpaired) electrons. The molecular weight excluding hydrogens is 279 g/mol. The summed E-state index contributed by atoms with van der Waals surface area (Å²) in [7, 11) is -4.73. The smallest absolute Gasteiger partial charge is 0.348 e. The minimum atomic E-state index is -4.73. The first kappa shape index (κ1) is 13.0. The van der Waals surface area contributed by atoms with Crippen LogP contribution in [0.15, 0.2) is 29.2 Å². The summed E-state index contributed by atoms with van der Waals surface area (Å²) in [6, 6.07) is 5.33. The molecule has 1 heterocycles. The zero-order valence-corrected chi connectivity index (χ0v) is 11.0. The van der Waals surface area contributed by atoms with E-state index in [1.807, 2.05) is 0 Å².